The fourth-order valence-electron chi connectivity index (χ4n) is 4.33. The number of fused-ring (bicyclic) bond motifs is 2. The van der Waals surface area contributed by atoms with Gasteiger partial charge in [-0.3, -0.25) is 20.1 Å². The molecule has 5 heterocycles. The number of benzene rings is 1. The smallest absolute Gasteiger partial charge is 0.209 e. The summed E-state index contributed by atoms with van der Waals surface area (Å²) in [7, 11) is -3.42. The highest BCUT2D eigenvalue weighted by atomic mass is 32.2. The van der Waals surface area contributed by atoms with E-state index in [1.54, 1.807) is 37.1 Å². The van der Waals surface area contributed by atoms with Gasteiger partial charge in [-0.05, 0) is 53.6 Å². The molecule has 0 radical (unpaired) electrons. The zero-order chi connectivity index (χ0) is 25.6. The topological polar surface area (TPSA) is 129 Å². The molecule has 0 aliphatic heterocycles. The summed E-state index contributed by atoms with van der Waals surface area (Å²) in [6.07, 6.45) is 9.62. The first-order chi connectivity index (χ1) is 17.8. The Morgan fingerprint density at radius 3 is 2.57 bits per heavy atom. The summed E-state index contributed by atoms with van der Waals surface area (Å²) in [4.78, 5) is 16.3. The molecule has 9 nitrogen and oxygen atoms in total. The molecule has 0 saturated heterocycles. The van der Waals surface area contributed by atoms with Crippen molar-refractivity contribution in [3.8, 4) is 33.8 Å². The predicted octanol–water partition coefficient (Wildman–Crippen LogP) is 4.42. The Hall–Kier alpha value is -4.48. The average molecular weight is 514 g/mol. The van der Waals surface area contributed by atoms with Gasteiger partial charge in [0.25, 0.3) is 0 Å². The first kappa shape index (κ1) is 23.0. The van der Waals surface area contributed by atoms with E-state index in [4.69, 9.17) is 0 Å². The van der Waals surface area contributed by atoms with Crippen LogP contribution in [-0.2, 0) is 16.6 Å². The zero-order valence-electron chi connectivity index (χ0n) is 19.5. The average Bonchev–Trinajstić information content (AvgIpc) is 3.51. The first-order valence-corrected chi connectivity index (χ1v) is 13.2. The van der Waals surface area contributed by atoms with Crippen LogP contribution in [-0.4, -0.2) is 44.8 Å². The van der Waals surface area contributed by atoms with Gasteiger partial charge >= 0.3 is 0 Å². The van der Waals surface area contributed by atoms with Crippen LogP contribution >= 0.6 is 0 Å². The van der Waals surface area contributed by atoms with E-state index < -0.39 is 15.8 Å². The summed E-state index contributed by atoms with van der Waals surface area (Å²) in [5, 5.41) is 9.27. The molecule has 0 aliphatic carbocycles. The van der Waals surface area contributed by atoms with Crippen molar-refractivity contribution in [1.82, 2.24) is 34.9 Å². The Kier molecular flexibility index (Phi) is 5.50. The molecule has 3 N–H and O–H groups in total. The molecular formula is C26H20FN7O2S. The van der Waals surface area contributed by atoms with Crippen molar-refractivity contribution in [3.63, 3.8) is 0 Å². The van der Waals surface area contributed by atoms with Crippen molar-refractivity contribution < 1.29 is 12.8 Å². The third-order valence-electron chi connectivity index (χ3n) is 6.03. The van der Waals surface area contributed by atoms with Gasteiger partial charge in [-0.2, -0.15) is 5.10 Å². The SMILES string of the molecule is CS(=O)(=O)NCc1cc(F)cc(-c2cncc3[nH]c(-c4n[nH]c5cnc(-c6ccncc6)cc45)cc23)c1. The fraction of sp³-hybridized carbons (Fsp3) is 0.0769. The van der Waals surface area contributed by atoms with Crippen molar-refractivity contribution in [2.45, 2.75) is 6.54 Å². The number of pyridine rings is 3. The number of hydrogen-bond acceptors (Lipinski definition) is 6. The van der Waals surface area contributed by atoms with Crippen LogP contribution in [0.5, 0.6) is 0 Å². The number of aromatic nitrogens is 6. The second-order valence-corrected chi connectivity index (χ2v) is 10.5. The van der Waals surface area contributed by atoms with Crippen LogP contribution in [0.3, 0.4) is 0 Å². The molecule has 0 amide bonds. The van der Waals surface area contributed by atoms with Crippen molar-refractivity contribution >= 4 is 31.8 Å². The second-order valence-electron chi connectivity index (χ2n) is 8.70. The van der Waals surface area contributed by atoms with E-state index in [1.165, 1.54) is 12.1 Å². The summed E-state index contributed by atoms with van der Waals surface area (Å²) in [6, 6.07) is 12.2. The van der Waals surface area contributed by atoms with Gasteiger partial charge in [0.2, 0.25) is 10.0 Å². The van der Waals surface area contributed by atoms with E-state index in [0.717, 1.165) is 45.0 Å². The largest absolute Gasteiger partial charge is 0.352 e. The summed E-state index contributed by atoms with van der Waals surface area (Å²) < 4.78 is 39.9. The van der Waals surface area contributed by atoms with Gasteiger partial charge in [0.15, 0.2) is 0 Å². The fourth-order valence-corrected chi connectivity index (χ4v) is 4.76. The molecule has 37 heavy (non-hydrogen) atoms. The lowest BCUT2D eigenvalue weighted by atomic mass is 10.0. The van der Waals surface area contributed by atoms with Crippen molar-refractivity contribution in [3.05, 3.63) is 84.8 Å². The van der Waals surface area contributed by atoms with Crippen molar-refractivity contribution in [2.24, 2.45) is 0 Å². The highest BCUT2D eigenvalue weighted by molar-refractivity contribution is 7.88. The van der Waals surface area contributed by atoms with E-state index in [-0.39, 0.29) is 6.54 Å². The molecule has 0 saturated carbocycles. The highest BCUT2D eigenvalue weighted by Gasteiger charge is 2.16. The lowest BCUT2D eigenvalue weighted by molar-refractivity contribution is 0.586. The number of aromatic amines is 2. The molecule has 0 fully saturated rings. The van der Waals surface area contributed by atoms with Crippen LogP contribution in [0.2, 0.25) is 0 Å². The van der Waals surface area contributed by atoms with Crippen LogP contribution in [0.25, 0.3) is 55.6 Å². The number of halogens is 1. The zero-order valence-corrected chi connectivity index (χ0v) is 20.3. The molecule has 0 atom stereocenters. The molecule has 1 aromatic carbocycles. The van der Waals surface area contributed by atoms with Crippen LogP contribution in [0.15, 0.2) is 73.4 Å². The lowest BCUT2D eigenvalue weighted by Crippen LogP contribution is -2.21. The summed E-state index contributed by atoms with van der Waals surface area (Å²) in [6.45, 7) is -0.0154. The minimum absolute atomic E-state index is 0.0154. The Bertz CT molecular complexity index is 1880. The Labute approximate surface area is 210 Å². The monoisotopic (exact) mass is 513 g/mol. The quantitative estimate of drug-likeness (QED) is 0.302. The van der Waals surface area contributed by atoms with Gasteiger partial charge in [-0.15, -0.1) is 0 Å². The van der Waals surface area contributed by atoms with Gasteiger partial charge in [-0.1, -0.05) is 0 Å². The van der Waals surface area contributed by atoms with Gasteiger partial charge in [0.1, 0.15) is 11.5 Å². The van der Waals surface area contributed by atoms with Crippen molar-refractivity contribution in [1.29, 1.82) is 0 Å². The van der Waals surface area contributed by atoms with E-state index in [0.29, 0.717) is 22.4 Å². The predicted molar refractivity (Wildman–Crippen MR) is 139 cm³/mol. The highest BCUT2D eigenvalue weighted by Crippen LogP contribution is 2.34. The number of rotatable bonds is 6. The van der Waals surface area contributed by atoms with Crippen LogP contribution in [0.1, 0.15) is 5.56 Å². The summed E-state index contributed by atoms with van der Waals surface area (Å²) in [5.74, 6) is -0.468. The molecular weight excluding hydrogens is 493 g/mol. The van der Waals surface area contributed by atoms with E-state index >= 15 is 0 Å². The maximum Gasteiger partial charge on any atom is 0.209 e. The lowest BCUT2D eigenvalue weighted by Gasteiger charge is -2.08. The second kappa shape index (κ2) is 8.87. The Morgan fingerprint density at radius 2 is 1.76 bits per heavy atom. The van der Waals surface area contributed by atoms with Crippen LogP contribution in [0.4, 0.5) is 4.39 Å². The third kappa shape index (κ3) is 4.57. The van der Waals surface area contributed by atoms with E-state index in [1.807, 2.05) is 24.3 Å². The van der Waals surface area contributed by atoms with E-state index in [9.17, 15) is 12.8 Å². The maximum atomic E-state index is 14.5. The number of H-pyrrole nitrogens is 2. The van der Waals surface area contributed by atoms with Crippen molar-refractivity contribution in [2.75, 3.05) is 6.26 Å². The first-order valence-electron chi connectivity index (χ1n) is 11.3. The molecule has 6 rings (SSSR count). The van der Waals surface area contributed by atoms with E-state index in [2.05, 4.69) is 34.9 Å². The summed E-state index contributed by atoms with van der Waals surface area (Å²) in [5.41, 5.74) is 6.56. The Morgan fingerprint density at radius 1 is 0.919 bits per heavy atom. The normalized spacial score (nSPS) is 11.9. The number of nitrogens with one attached hydrogen (secondary N) is 3. The van der Waals surface area contributed by atoms with Crippen LogP contribution in [0, 0.1) is 5.82 Å². The molecule has 184 valence electrons. The minimum Gasteiger partial charge on any atom is -0.352 e. The number of nitrogens with zero attached hydrogens (tertiary/aromatic N) is 4. The van der Waals surface area contributed by atoms with Crippen LogP contribution < -0.4 is 4.72 Å². The Balaban J connectivity index is 1.44. The third-order valence-corrected chi connectivity index (χ3v) is 6.70. The molecule has 11 heteroatoms. The summed E-state index contributed by atoms with van der Waals surface area (Å²) >= 11 is 0. The van der Waals surface area contributed by atoms with Gasteiger partial charge in [0, 0.05) is 47.0 Å². The minimum atomic E-state index is -3.42. The number of hydrogen-bond donors (Lipinski definition) is 3. The van der Waals surface area contributed by atoms with Gasteiger partial charge in [0.05, 0.1) is 41.1 Å². The molecule has 0 bridgehead atoms. The molecule has 0 unspecified atom stereocenters. The molecule has 5 aromatic heterocycles. The molecule has 0 spiro atoms. The molecule has 0 aliphatic rings. The number of sulfonamides is 1. The standard InChI is InChI=1S/C26H20FN7O2S/c1-37(35,36)31-11-15-6-17(8-18(27)7-15)21-12-29-13-24-19(21)9-23(32-24)26-20-10-22(16-2-4-28-5-3-16)30-14-25(20)33-34-26/h2-10,12-14,31-32H,11H2,1H3,(H,33,34). The molecule has 6 aromatic rings. The van der Waals surface area contributed by atoms with Gasteiger partial charge in [-0.25, -0.2) is 17.5 Å². The van der Waals surface area contributed by atoms with Gasteiger partial charge < -0.3 is 4.98 Å². The maximum absolute atomic E-state index is 14.5.